The van der Waals surface area contributed by atoms with Crippen LogP contribution >= 0.6 is 11.3 Å². The van der Waals surface area contributed by atoms with Crippen LogP contribution in [0.5, 0.6) is 0 Å². The number of hydrogen-bond acceptors (Lipinski definition) is 2. The lowest BCUT2D eigenvalue weighted by molar-refractivity contribution is 0.0998. The largest absolute Gasteiger partial charge is 0.312 e. The molecule has 3 aromatic rings. The predicted octanol–water partition coefficient (Wildman–Crippen LogP) is 4.19. The van der Waals surface area contributed by atoms with Crippen LogP contribution in [0.3, 0.4) is 0 Å². The summed E-state index contributed by atoms with van der Waals surface area (Å²) in [6.45, 7) is 6.58. The first-order valence-electron chi connectivity index (χ1n) is 7.60. The zero-order valence-electron chi connectivity index (χ0n) is 13.0. The zero-order chi connectivity index (χ0) is 16.2. The van der Waals surface area contributed by atoms with Crippen molar-refractivity contribution in [2.24, 2.45) is 4.99 Å². The van der Waals surface area contributed by atoms with Gasteiger partial charge >= 0.3 is 0 Å². The van der Waals surface area contributed by atoms with Gasteiger partial charge in [-0.05, 0) is 36.2 Å². The second-order valence-corrected chi connectivity index (χ2v) is 6.23. The summed E-state index contributed by atoms with van der Waals surface area (Å²) < 4.78 is 3.18. The topological polar surface area (TPSA) is 34.4 Å². The predicted molar refractivity (Wildman–Crippen MR) is 95.7 cm³/mol. The van der Waals surface area contributed by atoms with Crippen LogP contribution in [0, 0.1) is 0 Å². The van der Waals surface area contributed by atoms with Gasteiger partial charge in [-0.15, -0.1) is 6.58 Å². The van der Waals surface area contributed by atoms with E-state index >= 15 is 0 Å². The number of hydrogen-bond donors (Lipinski definition) is 0. The molecule has 0 saturated heterocycles. The van der Waals surface area contributed by atoms with Crippen molar-refractivity contribution < 1.29 is 4.79 Å². The van der Waals surface area contributed by atoms with Crippen LogP contribution in [0.25, 0.3) is 10.2 Å². The van der Waals surface area contributed by atoms with Gasteiger partial charge in [-0.1, -0.05) is 48.6 Å². The van der Waals surface area contributed by atoms with Gasteiger partial charge in [0.05, 0.1) is 10.2 Å². The fourth-order valence-corrected chi connectivity index (χ4v) is 3.56. The number of aromatic nitrogens is 1. The smallest absolute Gasteiger partial charge is 0.279 e. The molecule has 4 heteroatoms. The standard InChI is InChI=1S/C19H18N2OS/c1-3-12-21-16-11-10-14(4-2)13-17(16)23-19(21)20-18(22)15-8-6-5-7-9-15/h3,5-11,13H,1,4,12H2,2H3. The fourth-order valence-electron chi connectivity index (χ4n) is 2.46. The molecule has 116 valence electrons. The third-order valence-corrected chi connectivity index (χ3v) is 4.73. The number of benzene rings is 2. The highest BCUT2D eigenvalue weighted by Crippen LogP contribution is 2.20. The molecular formula is C19H18N2OS. The molecule has 0 N–H and O–H groups in total. The number of fused-ring (bicyclic) bond motifs is 1. The number of allylic oxidation sites excluding steroid dienone is 1. The van der Waals surface area contributed by atoms with E-state index < -0.39 is 0 Å². The maximum atomic E-state index is 12.4. The molecule has 0 aliphatic carbocycles. The van der Waals surface area contributed by atoms with Crippen LogP contribution in [0.2, 0.25) is 0 Å². The van der Waals surface area contributed by atoms with Crippen molar-refractivity contribution >= 4 is 27.5 Å². The Balaban J connectivity index is 2.15. The van der Waals surface area contributed by atoms with E-state index in [0.717, 1.165) is 16.6 Å². The van der Waals surface area contributed by atoms with E-state index in [4.69, 9.17) is 0 Å². The molecule has 0 saturated carbocycles. The maximum absolute atomic E-state index is 12.4. The summed E-state index contributed by atoms with van der Waals surface area (Å²) in [7, 11) is 0. The molecule has 23 heavy (non-hydrogen) atoms. The SMILES string of the molecule is C=CCn1c(=NC(=O)c2ccccc2)sc2cc(CC)ccc21. The quantitative estimate of drug-likeness (QED) is 0.663. The second-order valence-electron chi connectivity index (χ2n) is 5.22. The Morgan fingerprint density at radius 3 is 2.74 bits per heavy atom. The van der Waals surface area contributed by atoms with Gasteiger partial charge < -0.3 is 4.57 Å². The molecular weight excluding hydrogens is 304 g/mol. The van der Waals surface area contributed by atoms with E-state index in [2.05, 4.69) is 36.7 Å². The summed E-state index contributed by atoms with van der Waals surface area (Å²) in [6.07, 6.45) is 2.82. The van der Waals surface area contributed by atoms with Crippen LogP contribution < -0.4 is 4.80 Å². The van der Waals surface area contributed by atoms with Gasteiger partial charge in [0, 0.05) is 12.1 Å². The van der Waals surface area contributed by atoms with Gasteiger partial charge in [0.25, 0.3) is 5.91 Å². The highest BCUT2D eigenvalue weighted by molar-refractivity contribution is 7.16. The Bertz CT molecular complexity index is 919. The number of rotatable bonds is 4. The van der Waals surface area contributed by atoms with E-state index in [0.29, 0.717) is 16.9 Å². The lowest BCUT2D eigenvalue weighted by atomic mass is 10.2. The minimum absolute atomic E-state index is 0.217. The first kappa shape index (κ1) is 15.4. The van der Waals surface area contributed by atoms with Gasteiger partial charge in [-0.3, -0.25) is 4.79 Å². The number of carbonyl (C=O) groups is 1. The lowest BCUT2D eigenvalue weighted by Crippen LogP contribution is -2.16. The van der Waals surface area contributed by atoms with Gasteiger partial charge in [-0.2, -0.15) is 4.99 Å². The molecule has 2 aromatic carbocycles. The molecule has 3 rings (SSSR count). The Labute approximate surface area is 139 Å². The molecule has 0 aliphatic rings. The number of carbonyl (C=O) groups excluding carboxylic acids is 1. The van der Waals surface area contributed by atoms with Gasteiger partial charge in [-0.25, -0.2) is 0 Å². The van der Waals surface area contributed by atoms with E-state index in [1.165, 1.54) is 5.56 Å². The lowest BCUT2D eigenvalue weighted by Gasteiger charge is -2.02. The van der Waals surface area contributed by atoms with Crippen molar-refractivity contribution in [1.29, 1.82) is 0 Å². The highest BCUT2D eigenvalue weighted by Gasteiger charge is 2.08. The summed E-state index contributed by atoms with van der Waals surface area (Å²) in [5, 5.41) is 0. The normalized spacial score (nSPS) is 11.8. The first-order chi connectivity index (χ1) is 11.2. The fraction of sp³-hybridized carbons (Fsp3) is 0.158. The molecule has 1 heterocycles. The van der Waals surface area contributed by atoms with Crippen LogP contribution in [-0.2, 0) is 13.0 Å². The Hall–Kier alpha value is -2.46. The van der Waals surface area contributed by atoms with Crippen molar-refractivity contribution in [2.45, 2.75) is 19.9 Å². The van der Waals surface area contributed by atoms with Crippen molar-refractivity contribution in [1.82, 2.24) is 4.57 Å². The molecule has 0 spiro atoms. The van der Waals surface area contributed by atoms with E-state index in [1.54, 1.807) is 23.5 Å². The van der Waals surface area contributed by atoms with E-state index in [9.17, 15) is 4.79 Å². The van der Waals surface area contributed by atoms with Crippen LogP contribution in [0.4, 0.5) is 0 Å². The molecule has 1 aromatic heterocycles. The van der Waals surface area contributed by atoms with E-state index in [1.807, 2.05) is 28.8 Å². The van der Waals surface area contributed by atoms with Crippen LogP contribution in [0.1, 0.15) is 22.8 Å². The summed E-state index contributed by atoms with van der Waals surface area (Å²) in [5.41, 5.74) is 2.97. The second kappa shape index (κ2) is 6.75. The first-order valence-corrected chi connectivity index (χ1v) is 8.42. The Kier molecular flexibility index (Phi) is 4.53. The molecule has 0 unspecified atom stereocenters. The van der Waals surface area contributed by atoms with Crippen molar-refractivity contribution in [3.63, 3.8) is 0 Å². The van der Waals surface area contributed by atoms with Crippen LogP contribution in [0.15, 0.2) is 66.2 Å². The number of nitrogens with zero attached hydrogens (tertiary/aromatic N) is 2. The number of aryl methyl sites for hydroxylation is 1. The number of thiazole rings is 1. The van der Waals surface area contributed by atoms with E-state index in [-0.39, 0.29) is 5.91 Å². The summed E-state index contributed by atoms with van der Waals surface area (Å²) >= 11 is 1.54. The summed E-state index contributed by atoms with van der Waals surface area (Å²) in [6, 6.07) is 15.5. The molecule has 3 nitrogen and oxygen atoms in total. The average Bonchev–Trinajstić information content (AvgIpc) is 2.92. The summed E-state index contributed by atoms with van der Waals surface area (Å²) in [5.74, 6) is -0.217. The number of amides is 1. The van der Waals surface area contributed by atoms with Gasteiger partial charge in [0.2, 0.25) is 0 Å². The monoisotopic (exact) mass is 322 g/mol. The molecule has 0 atom stereocenters. The molecule has 0 bridgehead atoms. The molecule has 1 amide bonds. The minimum atomic E-state index is -0.217. The Morgan fingerprint density at radius 1 is 1.26 bits per heavy atom. The van der Waals surface area contributed by atoms with Crippen molar-refractivity contribution in [3.05, 3.63) is 77.1 Å². The molecule has 0 fully saturated rings. The van der Waals surface area contributed by atoms with Crippen LogP contribution in [-0.4, -0.2) is 10.5 Å². The third-order valence-electron chi connectivity index (χ3n) is 3.69. The minimum Gasteiger partial charge on any atom is -0.312 e. The summed E-state index contributed by atoms with van der Waals surface area (Å²) in [4.78, 5) is 17.4. The Morgan fingerprint density at radius 2 is 2.04 bits per heavy atom. The zero-order valence-corrected chi connectivity index (χ0v) is 13.8. The van der Waals surface area contributed by atoms with Crippen molar-refractivity contribution in [3.8, 4) is 0 Å². The third kappa shape index (κ3) is 3.17. The maximum Gasteiger partial charge on any atom is 0.279 e. The van der Waals surface area contributed by atoms with Gasteiger partial charge in [0.1, 0.15) is 0 Å². The highest BCUT2D eigenvalue weighted by atomic mass is 32.1. The molecule has 0 radical (unpaired) electrons. The van der Waals surface area contributed by atoms with Crippen molar-refractivity contribution in [2.75, 3.05) is 0 Å². The van der Waals surface area contributed by atoms with Gasteiger partial charge in [0.15, 0.2) is 4.80 Å². The average molecular weight is 322 g/mol. The molecule has 0 aliphatic heterocycles.